The van der Waals surface area contributed by atoms with Gasteiger partial charge in [0.25, 0.3) is 15.9 Å². The standard InChI is InChI=1S/C29H34ClN5O6S/c1-18-8-6-9-19(2)25(18)23-15-24(30)32-27(31-23)33-42(39,40)22-11-7-10-20(14-22)26(37)34-12-13-35(17-21(36)16-34)28(38)41-29(3,4)5/h6-11,14-15,21,36H,12-13,16-17H2,1-5H3,(H,31,32,33). The van der Waals surface area contributed by atoms with E-state index in [1.807, 2.05) is 32.0 Å². The zero-order valence-electron chi connectivity index (χ0n) is 24.1. The molecule has 0 saturated carbocycles. The highest BCUT2D eigenvalue weighted by Crippen LogP contribution is 2.28. The molecule has 0 aliphatic carbocycles. The van der Waals surface area contributed by atoms with Crippen LogP contribution in [0.2, 0.25) is 5.15 Å². The Kier molecular flexibility index (Phi) is 9.09. The Morgan fingerprint density at radius 2 is 1.62 bits per heavy atom. The fourth-order valence-corrected chi connectivity index (χ4v) is 5.81. The Hall–Kier alpha value is -3.74. The summed E-state index contributed by atoms with van der Waals surface area (Å²) in [5.41, 5.74) is 2.56. The molecule has 2 amide bonds. The van der Waals surface area contributed by atoms with Gasteiger partial charge in [0.2, 0.25) is 5.95 Å². The van der Waals surface area contributed by atoms with Crippen LogP contribution in [-0.4, -0.2) is 83.2 Å². The highest BCUT2D eigenvalue weighted by molar-refractivity contribution is 7.92. The molecule has 2 N–H and O–H groups in total. The van der Waals surface area contributed by atoms with E-state index in [4.69, 9.17) is 16.3 Å². The average Bonchev–Trinajstić information content (AvgIpc) is 3.08. The van der Waals surface area contributed by atoms with Gasteiger partial charge in [0.15, 0.2) is 0 Å². The summed E-state index contributed by atoms with van der Waals surface area (Å²) in [6.45, 7) is 9.31. The van der Waals surface area contributed by atoms with E-state index in [1.54, 1.807) is 26.8 Å². The van der Waals surface area contributed by atoms with Crippen molar-refractivity contribution in [2.45, 2.75) is 51.2 Å². The molecule has 0 radical (unpaired) electrons. The second-order valence-electron chi connectivity index (χ2n) is 11.1. The third kappa shape index (κ3) is 7.55. The first-order valence-corrected chi connectivity index (χ1v) is 15.2. The third-order valence-corrected chi connectivity index (χ3v) is 8.01. The predicted octanol–water partition coefficient (Wildman–Crippen LogP) is 4.27. The van der Waals surface area contributed by atoms with E-state index in [0.717, 1.165) is 16.7 Å². The van der Waals surface area contributed by atoms with Gasteiger partial charge in [-0.2, -0.15) is 0 Å². The lowest BCUT2D eigenvalue weighted by Crippen LogP contribution is -2.41. The summed E-state index contributed by atoms with van der Waals surface area (Å²) in [5, 5.41) is 10.6. The number of rotatable bonds is 5. The predicted molar refractivity (Wildman–Crippen MR) is 159 cm³/mol. The van der Waals surface area contributed by atoms with Crippen LogP contribution < -0.4 is 4.72 Å². The van der Waals surface area contributed by atoms with Crippen LogP contribution in [0.15, 0.2) is 53.4 Å². The number of nitrogens with zero attached hydrogens (tertiary/aromatic N) is 4. The molecule has 1 atom stereocenters. The smallest absolute Gasteiger partial charge is 0.410 e. The maximum Gasteiger partial charge on any atom is 0.410 e. The Morgan fingerprint density at radius 1 is 1.00 bits per heavy atom. The number of hydrogen-bond acceptors (Lipinski definition) is 8. The molecule has 0 bridgehead atoms. The molecule has 1 aliphatic rings. The molecule has 224 valence electrons. The molecule has 1 fully saturated rings. The number of aryl methyl sites for hydroxylation is 2. The van der Waals surface area contributed by atoms with Crippen molar-refractivity contribution >= 4 is 39.6 Å². The lowest BCUT2D eigenvalue weighted by Gasteiger charge is -2.26. The number of nitrogens with one attached hydrogen (secondary N) is 1. The van der Waals surface area contributed by atoms with Gasteiger partial charge in [-0.1, -0.05) is 35.9 Å². The third-order valence-electron chi connectivity index (χ3n) is 6.49. The van der Waals surface area contributed by atoms with Crippen molar-refractivity contribution < 1.29 is 27.9 Å². The normalized spacial score (nSPS) is 16.1. The van der Waals surface area contributed by atoms with Gasteiger partial charge < -0.3 is 19.6 Å². The molecule has 3 aromatic rings. The van der Waals surface area contributed by atoms with Crippen LogP contribution in [0, 0.1) is 13.8 Å². The van der Waals surface area contributed by atoms with Crippen LogP contribution in [-0.2, 0) is 14.8 Å². The van der Waals surface area contributed by atoms with Crippen LogP contribution in [0.1, 0.15) is 42.3 Å². The highest BCUT2D eigenvalue weighted by Gasteiger charge is 2.30. The summed E-state index contributed by atoms with van der Waals surface area (Å²) < 4.78 is 34.4. The van der Waals surface area contributed by atoms with Gasteiger partial charge in [-0.05, 0) is 63.9 Å². The molecule has 13 heteroatoms. The Labute approximate surface area is 250 Å². The second-order valence-corrected chi connectivity index (χ2v) is 13.2. The van der Waals surface area contributed by atoms with Crippen LogP contribution in [0.3, 0.4) is 0 Å². The Bertz CT molecular complexity index is 1590. The van der Waals surface area contributed by atoms with E-state index in [2.05, 4.69) is 14.7 Å². The average molecular weight is 616 g/mol. The number of carbonyl (C=O) groups is 2. The Morgan fingerprint density at radius 3 is 2.29 bits per heavy atom. The van der Waals surface area contributed by atoms with Gasteiger partial charge >= 0.3 is 6.09 Å². The lowest BCUT2D eigenvalue weighted by atomic mass is 10.00. The number of aliphatic hydroxyl groups excluding tert-OH is 1. The van der Waals surface area contributed by atoms with Crippen molar-refractivity contribution in [3.8, 4) is 11.3 Å². The Balaban J connectivity index is 1.54. The summed E-state index contributed by atoms with van der Waals surface area (Å²) in [5.74, 6) is -0.705. The zero-order valence-corrected chi connectivity index (χ0v) is 25.7. The maximum absolute atomic E-state index is 13.4. The minimum Gasteiger partial charge on any atom is -0.444 e. The van der Waals surface area contributed by atoms with Gasteiger partial charge in [0.05, 0.1) is 23.2 Å². The lowest BCUT2D eigenvalue weighted by molar-refractivity contribution is 0.0186. The topological polar surface area (TPSA) is 142 Å². The molecular formula is C29H34ClN5O6S. The van der Waals surface area contributed by atoms with Crippen molar-refractivity contribution in [1.29, 1.82) is 0 Å². The number of aromatic nitrogens is 2. The fraction of sp³-hybridized carbons (Fsp3) is 0.379. The van der Waals surface area contributed by atoms with Crippen LogP contribution in [0.5, 0.6) is 0 Å². The van der Waals surface area contributed by atoms with Crippen molar-refractivity contribution in [3.63, 3.8) is 0 Å². The molecule has 1 saturated heterocycles. The molecule has 1 aliphatic heterocycles. The quantitative estimate of drug-likeness (QED) is 0.405. The minimum atomic E-state index is -4.21. The number of amides is 2. The number of hydrogen-bond donors (Lipinski definition) is 2. The van der Waals surface area contributed by atoms with Crippen LogP contribution >= 0.6 is 11.6 Å². The van der Waals surface area contributed by atoms with E-state index in [-0.39, 0.29) is 47.7 Å². The number of aliphatic hydroxyl groups is 1. The van der Waals surface area contributed by atoms with E-state index in [9.17, 15) is 23.1 Å². The van der Waals surface area contributed by atoms with Gasteiger partial charge in [0.1, 0.15) is 10.8 Å². The summed E-state index contributed by atoms with van der Waals surface area (Å²) in [4.78, 5) is 36.9. The van der Waals surface area contributed by atoms with Crippen molar-refractivity contribution in [2.24, 2.45) is 0 Å². The van der Waals surface area contributed by atoms with Crippen molar-refractivity contribution in [1.82, 2.24) is 19.8 Å². The van der Waals surface area contributed by atoms with Crippen molar-refractivity contribution in [3.05, 3.63) is 70.4 Å². The van der Waals surface area contributed by atoms with E-state index >= 15 is 0 Å². The zero-order chi connectivity index (χ0) is 30.8. The van der Waals surface area contributed by atoms with Crippen LogP contribution in [0.25, 0.3) is 11.3 Å². The van der Waals surface area contributed by atoms with Gasteiger partial charge in [-0.3, -0.25) is 4.79 Å². The first kappa shape index (κ1) is 31.2. The van der Waals surface area contributed by atoms with Crippen LogP contribution in [0.4, 0.5) is 10.7 Å². The molecule has 2 aromatic carbocycles. The number of ether oxygens (including phenoxy) is 1. The summed E-state index contributed by atoms with van der Waals surface area (Å²) in [7, 11) is -4.21. The first-order valence-electron chi connectivity index (χ1n) is 13.3. The van der Waals surface area contributed by atoms with Gasteiger partial charge in [-0.25, -0.2) is 27.9 Å². The second kappa shape index (κ2) is 12.2. The highest BCUT2D eigenvalue weighted by atomic mass is 35.5. The molecule has 11 nitrogen and oxygen atoms in total. The number of benzene rings is 2. The van der Waals surface area contributed by atoms with Gasteiger partial charge in [-0.15, -0.1) is 0 Å². The first-order chi connectivity index (χ1) is 19.6. The molecule has 0 spiro atoms. The van der Waals surface area contributed by atoms with E-state index in [1.165, 1.54) is 34.1 Å². The molecule has 1 aromatic heterocycles. The minimum absolute atomic E-state index is 0.000681. The molecule has 2 heterocycles. The largest absolute Gasteiger partial charge is 0.444 e. The number of sulfonamides is 1. The SMILES string of the molecule is Cc1cccc(C)c1-c1cc(Cl)nc(NS(=O)(=O)c2cccc(C(=O)N3CCN(C(=O)OC(C)(C)C)CC(O)C3)c2)n1. The number of anilines is 1. The number of halogens is 1. The molecular weight excluding hydrogens is 582 g/mol. The van der Waals surface area contributed by atoms with E-state index < -0.39 is 33.7 Å². The summed E-state index contributed by atoms with van der Waals surface area (Å²) >= 11 is 6.23. The van der Waals surface area contributed by atoms with Crippen molar-refractivity contribution in [2.75, 3.05) is 30.9 Å². The summed E-state index contributed by atoms with van der Waals surface area (Å²) in [6.07, 6.45) is -1.59. The number of β-amino-alcohol motifs (C(OH)–C–C–N with tert-alkyl or cyclic N) is 1. The molecule has 4 rings (SSSR count). The fourth-order valence-electron chi connectivity index (χ4n) is 4.64. The summed E-state index contributed by atoms with van der Waals surface area (Å²) in [6, 6.07) is 12.8. The van der Waals surface area contributed by atoms with Gasteiger partial charge in [0, 0.05) is 36.8 Å². The van der Waals surface area contributed by atoms with E-state index in [0.29, 0.717) is 5.69 Å². The maximum atomic E-state index is 13.4. The molecule has 42 heavy (non-hydrogen) atoms. The monoisotopic (exact) mass is 615 g/mol. The molecule has 1 unspecified atom stereocenters. The number of carbonyl (C=O) groups excluding carboxylic acids is 2.